The molecule has 0 saturated heterocycles. The van der Waals surface area contributed by atoms with E-state index in [1.807, 2.05) is 18.2 Å². The lowest BCUT2D eigenvalue weighted by atomic mass is 9.81. The fourth-order valence-corrected chi connectivity index (χ4v) is 2.31. The van der Waals surface area contributed by atoms with Gasteiger partial charge in [-0.2, -0.15) is 0 Å². The molecule has 0 bridgehead atoms. The molecule has 0 amide bonds. The van der Waals surface area contributed by atoms with Crippen molar-refractivity contribution < 1.29 is 9.53 Å². The molecule has 0 spiro atoms. The number of hydrogen-bond donors (Lipinski definition) is 0. The van der Waals surface area contributed by atoms with Gasteiger partial charge in [-0.3, -0.25) is 4.79 Å². The molecule has 1 aromatic carbocycles. The molecule has 2 nitrogen and oxygen atoms in total. The van der Waals surface area contributed by atoms with Crippen molar-refractivity contribution in [3.8, 4) is 5.75 Å². The minimum Gasteiger partial charge on any atom is -0.496 e. The van der Waals surface area contributed by atoms with Crippen LogP contribution in [0.4, 0.5) is 0 Å². The molecule has 0 radical (unpaired) electrons. The smallest absolute Gasteiger partial charge is 0.141 e. The summed E-state index contributed by atoms with van der Waals surface area (Å²) < 4.78 is 5.28. The Morgan fingerprint density at radius 3 is 3.06 bits per heavy atom. The minimum absolute atomic E-state index is 0.108. The summed E-state index contributed by atoms with van der Waals surface area (Å²) in [6.07, 6.45) is 3.92. The van der Waals surface area contributed by atoms with Crippen molar-refractivity contribution in [2.75, 3.05) is 7.11 Å². The molecule has 0 fully saturated rings. The first-order valence-electron chi connectivity index (χ1n) is 5.54. The molecule has 0 unspecified atom stereocenters. The molecule has 84 valence electrons. The summed E-state index contributed by atoms with van der Waals surface area (Å²) >= 11 is 0. The number of ether oxygens (including phenoxy) is 1. The largest absolute Gasteiger partial charge is 0.496 e. The van der Waals surface area contributed by atoms with Gasteiger partial charge in [0.2, 0.25) is 0 Å². The number of Topliss-reactive ketones (excluding diaryl/α,β-unsaturated/α-hetero) is 1. The molecular weight excluding hydrogens is 200 g/mol. The second kappa shape index (κ2) is 4.52. The zero-order chi connectivity index (χ0) is 11.5. The van der Waals surface area contributed by atoms with Crippen LogP contribution in [-0.4, -0.2) is 12.9 Å². The van der Waals surface area contributed by atoms with Crippen LogP contribution in [0.25, 0.3) is 0 Å². The number of carbonyl (C=O) groups excluding carboxylic acids is 1. The Kier molecular flexibility index (Phi) is 3.09. The van der Waals surface area contributed by atoms with E-state index in [1.165, 1.54) is 5.56 Å². The van der Waals surface area contributed by atoms with Gasteiger partial charge in [0.1, 0.15) is 11.5 Å². The first-order valence-corrected chi connectivity index (χ1v) is 5.54. The number of carbonyl (C=O) groups is 1. The average molecular weight is 216 g/mol. The van der Waals surface area contributed by atoms with Gasteiger partial charge in [-0.25, -0.2) is 0 Å². The number of benzene rings is 1. The van der Waals surface area contributed by atoms with E-state index >= 15 is 0 Å². The summed E-state index contributed by atoms with van der Waals surface area (Å²) in [5.41, 5.74) is 2.31. The normalized spacial score (nSPS) is 19.1. The van der Waals surface area contributed by atoms with Crippen LogP contribution in [0.3, 0.4) is 0 Å². The van der Waals surface area contributed by atoms with E-state index in [2.05, 4.69) is 12.6 Å². The maximum Gasteiger partial charge on any atom is 0.141 e. The molecule has 1 aliphatic rings. The fourth-order valence-electron chi connectivity index (χ4n) is 2.31. The van der Waals surface area contributed by atoms with E-state index < -0.39 is 0 Å². The maximum absolute atomic E-state index is 11.9. The molecule has 0 aliphatic heterocycles. The second-order valence-corrected chi connectivity index (χ2v) is 4.17. The molecule has 2 heteroatoms. The minimum atomic E-state index is 0.108. The number of ketones is 1. The zero-order valence-corrected chi connectivity index (χ0v) is 9.53. The lowest BCUT2D eigenvalue weighted by Gasteiger charge is -2.24. The summed E-state index contributed by atoms with van der Waals surface area (Å²) in [4.78, 5) is 11.9. The van der Waals surface area contributed by atoms with Crippen LogP contribution in [0.1, 0.15) is 17.5 Å². The molecule has 2 rings (SSSR count). The van der Waals surface area contributed by atoms with Gasteiger partial charge in [-0.05, 0) is 24.5 Å². The van der Waals surface area contributed by atoms with Crippen molar-refractivity contribution in [2.45, 2.75) is 19.3 Å². The van der Waals surface area contributed by atoms with Crippen molar-refractivity contribution in [1.29, 1.82) is 0 Å². The molecule has 16 heavy (non-hydrogen) atoms. The fraction of sp³-hybridized carbons (Fsp3) is 0.357. The highest BCUT2D eigenvalue weighted by atomic mass is 16.5. The van der Waals surface area contributed by atoms with Crippen molar-refractivity contribution in [3.63, 3.8) is 0 Å². The molecule has 0 N–H and O–H groups in total. The molecule has 1 aromatic rings. The SMILES string of the molecule is C=CC[C@H]1Cc2cccc(OC)c2CC1=O. The lowest BCUT2D eigenvalue weighted by Crippen LogP contribution is -2.25. The van der Waals surface area contributed by atoms with E-state index in [0.717, 1.165) is 24.2 Å². The van der Waals surface area contributed by atoms with E-state index in [-0.39, 0.29) is 5.92 Å². The van der Waals surface area contributed by atoms with Crippen LogP contribution in [0.2, 0.25) is 0 Å². The molecule has 0 heterocycles. The summed E-state index contributed by atoms with van der Waals surface area (Å²) in [6.45, 7) is 3.70. The van der Waals surface area contributed by atoms with Gasteiger partial charge < -0.3 is 4.74 Å². The number of fused-ring (bicyclic) bond motifs is 1. The Morgan fingerprint density at radius 2 is 2.38 bits per heavy atom. The summed E-state index contributed by atoms with van der Waals surface area (Å²) in [7, 11) is 1.65. The van der Waals surface area contributed by atoms with E-state index in [1.54, 1.807) is 7.11 Å². The number of methoxy groups -OCH3 is 1. The highest BCUT2D eigenvalue weighted by Crippen LogP contribution is 2.31. The third-order valence-corrected chi connectivity index (χ3v) is 3.17. The Balaban J connectivity index is 2.34. The van der Waals surface area contributed by atoms with E-state index in [4.69, 9.17) is 4.74 Å². The standard InChI is InChI=1S/C14H16O2/c1-3-5-11-8-10-6-4-7-14(16-2)12(10)9-13(11)15/h3-4,6-7,11H,1,5,8-9H2,2H3/t11-/m0/s1. The van der Waals surface area contributed by atoms with E-state index in [9.17, 15) is 4.79 Å². The van der Waals surface area contributed by atoms with Crippen LogP contribution in [0, 0.1) is 5.92 Å². The summed E-state index contributed by atoms with van der Waals surface area (Å²) in [6, 6.07) is 5.98. The Hall–Kier alpha value is -1.57. The van der Waals surface area contributed by atoms with Gasteiger partial charge in [0.25, 0.3) is 0 Å². The number of allylic oxidation sites excluding steroid dienone is 1. The van der Waals surface area contributed by atoms with Crippen molar-refractivity contribution in [1.82, 2.24) is 0 Å². The Morgan fingerprint density at radius 1 is 1.56 bits per heavy atom. The van der Waals surface area contributed by atoms with Gasteiger partial charge in [0, 0.05) is 17.9 Å². The highest BCUT2D eigenvalue weighted by Gasteiger charge is 2.26. The first-order chi connectivity index (χ1) is 7.76. The Labute approximate surface area is 95.9 Å². The van der Waals surface area contributed by atoms with Crippen molar-refractivity contribution >= 4 is 5.78 Å². The summed E-state index contributed by atoms with van der Waals surface area (Å²) in [5.74, 6) is 1.25. The summed E-state index contributed by atoms with van der Waals surface area (Å²) in [5, 5.41) is 0. The predicted octanol–water partition coefficient (Wildman–Crippen LogP) is 2.56. The molecule has 1 aliphatic carbocycles. The zero-order valence-electron chi connectivity index (χ0n) is 9.53. The van der Waals surface area contributed by atoms with Gasteiger partial charge >= 0.3 is 0 Å². The van der Waals surface area contributed by atoms with Crippen LogP contribution in [0.5, 0.6) is 5.75 Å². The molecule has 1 atom stereocenters. The molecule has 0 aromatic heterocycles. The van der Waals surface area contributed by atoms with Crippen LogP contribution < -0.4 is 4.74 Å². The third kappa shape index (κ3) is 1.87. The number of rotatable bonds is 3. The Bertz CT molecular complexity index is 421. The van der Waals surface area contributed by atoms with Crippen LogP contribution in [-0.2, 0) is 17.6 Å². The van der Waals surface area contributed by atoms with E-state index in [0.29, 0.717) is 12.2 Å². The monoisotopic (exact) mass is 216 g/mol. The molecule has 0 saturated carbocycles. The topological polar surface area (TPSA) is 26.3 Å². The highest BCUT2D eigenvalue weighted by molar-refractivity contribution is 5.86. The van der Waals surface area contributed by atoms with Gasteiger partial charge in [0.05, 0.1) is 7.11 Å². The van der Waals surface area contributed by atoms with Crippen LogP contribution >= 0.6 is 0 Å². The number of hydrogen-bond acceptors (Lipinski definition) is 2. The van der Waals surface area contributed by atoms with Crippen molar-refractivity contribution in [3.05, 3.63) is 42.0 Å². The maximum atomic E-state index is 11.9. The quantitative estimate of drug-likeness (QED) is 0.726. The van der Waals surface area contributed by atoms with Crippen LogP contribution in [0.15, 0.2) is 30.9 Å². The van der Waals surface area contributed by atoms with Crippen molar-refractivity contribution in [2.24, 2.45) is 5.92 Å². The second-order valence-electron chi connectivity index (χ2n) is 4.17. The third-order valence-electron chi connectivity index (χ3n) is 3.17. The van der Waals surface area contributed by atoms with Gasteiger partial charge in [0.15, 0.2) is 0 Å². The lowest BCUT2D eigenvalue weighted by molar-refractivity contribution is -0.122. The average Bonchev–Trinajstić information content (AvgIpc) is 2.30. The first kappa shape index (κ1) is 10.9. The molecular formula is C14H16O2. The van der Waals surface area contributed by atoms with Gasteiger partial charge in [-0.1, -0.05) is 18.2 Å². The predicted molar refractivity (Wildman–Crippen MR) is 63.7 cm³/mol. The van der Waals surface area contributed by atoms with Gasteiger partial charge in [-0.15, -0.1) is 6.58 Å².